The summed E-state index contributed by atoms with van der Waals surface area (Å²) in [4.78, 5) is 23.7. The van der Waals surface area contributed by atoms with E-state index in [0.717, 1.165) is 30.1 Å². The Morgan fingerprint density at radius 3 is 2.27 bits per heavy atom. The Bertz CT molecular complexity index is 1240. The second kappa shape index (κ2) is 17.0. The average Bonchev–Trinajstić information content (AvgIpc) is 3.73. The first kappa shape index (κ1) is 34.1. The molecule has 41 heavy (non-hydrogen) atoms. The summed E-state index contributed by atoms with van der Waals surface area (Å²) in [5, 5.41) is 3.53. The number of nitrogen functional groups attached to an aromatic ring is 1. The Balaban J connectivity index is 0.000000224. The topological polar surface area (TPSA) is 78.7 Å². The molecule has 1 aliphatic heterocycles. The van der Waals surface area contributed by atoms with Crippen LogP contribution in [0, 0.1) is 11.7 Å². The van der Waals surface area contributed by atoms with Gasteiger partial charge in [-0.2, -0.15) is 0 Å². The molecule has 3 aromatic carbocycles. The molecule has 1 saturated heterocycles. The van der Waals surface area contributed by atoms with Gasteiger partial charge in [-0.3, -0.25) is 9.69 Å². The Labute approximate surface area is 253 Å². The van der Waals surface area contributed by atoms with E-state index in [1.165, 1.54) is 19.4 Å². The average molecular weight is 604 g/mol. The number of nitrogens with two attached hydrogens (primary N) is 1. The van der Waals surface area contributed by atoms with Gasteiger partial charge in [-0.25, -0.2) is 4.39 Å². The summed E-state index contributed by atoms with van der Waals surface area (Å²) < 4.78 is 14.1. The predicted octanol–water partition coefficient (Wildman–Crippen LogP) is 6.92. The second-order valence-electron chi connectivity index (χ2n) is 10.3. The first-order valence-corrected chi connectivity index (χ1v) is 14.3. The van der Waals surface area contributed by atoms with Crippen LogP contribution in [0.15, 0.2) is 66.7 Å². The van der Waals surface area contributed by atoms with Crippen molar-refractivity contribution in [2.75, 3.05) is 44.9 Å². The normalized spacial score (nSPS) is 17.5. The molecule has 0 spiro atoms. The maximum atomic E-state index is 14.1. The molecule has 9 heteroatoms. The molecule has 2 aliphatic rings. The number of hydrogen-bond donors (Lipinski definition) is 2. The Morgan fingerprint density at radius 1 is 1.05 bits per heavy atom. The van der Waals surface area contributed by atoms with Crippen molar-refractivity contribution in [2.24, 2.45) is 5.92 Å². The molecule has 2 unspecified atom stereocenters. The first-order chi connectivity index (χ1) is 19.6. The van der Waals surface area contributed by atoms with Crippen LogP contribution in [0.3, 0.4) is 0 Å². The molecule has 2 fully saturated rings. The third-order valence-electron chi connectivity index (χ3n) is 7.16. The van der Waals surface area contributed by atoms with Gasteiger partial charge in [0.2, 0.25) is 0 Å². The van der Waals surface area contributed by atoms with Crippen LogP contribution in [0.2, 0.25) is 10.0 Å². The number of benzene rings is 3. The standard InChI is InChI=1S/C15H19ClFN.C10H14N2O.C6H6ClN.CH2O/c1-10-12(7-8-18(10)9-11-5-6-11)13-3-2-4-14(16)15(13)17;1-11-10(13)8-5-4-6-9(7-8)12(2)3;7-5-2-1-3-6(8)4-5;1-2/h2-4,10-12H,5-9H2,1H3;4-7H,1-3H3,(H,11,13);1-4H,8H2;1H2. The molecule has 0 radical (unpaired) electrons. The smallest absolute Gasteiger partial charge is 0.251 e. The van der Waals surface area contributed by atoms with E-state index in [9.17, 15) is 9.18 Å². The molecule has 1 heterocycles. The largest absolute Gasteiger partial charge is 0.399 e. The van der Waals surface area contributed by atoms with E-state index in [1.54, 1.807) is 37.4 Å². The van der Waals surface area contributed by atoms with E-state index in [0.29, 0.717) is 28.2 Å². The van der Waals surface area contributed by atoms with E-state index in [1.807, 2.05) is 62.2 Å². The van der Waals surface area contributed by atoms with Crippen molar-refractivity contribution in [1.29, 1.82) is 0 Å². The quantitative estimate of drug-likeness (QED) is 0.310. The number of amides is 1. The lowest BCUT2D eigenvalue weighted by molar-refractivity contribution is -0.0980. The van der Waals surface area contributed by atoms with Gasteiger partial charge in [0, 0.05) is 61.6 Å². The lowest BCUT2D eigenvalue weighted by Gasteiger charge is -2.25. The molecule has 0 aromatic heterocycles. The fraction of sp³-hybridized carbons (Fsp3) is 0.375. The van der Waals surface area contributed by atoms with Crippen molar-refractivity contribution in [3.05, 3.63) is 93.7 Å². The molecule has 222 valence electrons. The number of anilines is 2. The first-order valence-electron chi connectivity index (χ1n) is 13.6. The van der Waals surface area contributed by atoms with Crippen molar-refractivity contribution in [1.82, 2.24) is 10.2 Å². The van der Waals surface area contributed by atoms with Gasteiger partial charge in [0.15, 0.2) is 0 Å². The number of hydrogen-bond acceptors (Lipinski definition) is 5. The zero-order chi connectivity index (χ0) is 30.5. The highest BCUT2D eigenvalue weighted by Crippen LogP contribution is 2.39. The van der Waals surface area contributed by atoms with E-state index in [-0.39, 0.29) is 16.7 Å². The van der Waals surface area contributed by atoms with E-state index >= 15 is 0 Å². The fourth-order valence-electron chi connectivity index (χ4n) is 4.69. The third kappa shape index (κ3) is 10.7. The lowest BCUT2D eigenvalue weighted by Crippen LogP contribution is -2.31. The van der Waals surface area contributed by atoms with Crippen LogP contribution in [0.4, 0.5) is 15.8 Å². The third-order valence-corrected chi connectivity index (χ3v) is 7.68. The highest BCUT2D eigenvalue weighted by molar-refractivity contribution is 6.31. The van der Waals surface area contributed by atoms with Gasteiger partial charge in [-0.05, 0) is 86.7 Å². The van der Waals surface area contributed by atoms with Gasteiger partial charge in [0.05, 0.1) is 5.02 Å². The van der Waals surface area contributed by atoms with Crippen LogP contribution in [0.1, 0.15) is 48.0 Å². The molecule has 1 saturated carbocycles. The maximum Gasteiger partial charge on any atom is 0.251 e. The number of nitrogens with one attached hydrogen (secondary N) is 1. The van der Waals surface area contributed by atoms with E-state index in [2.05, 4.69) is 17.1 Å². The molecule has 3 N–H and O–H groups in total. The van der Waals surface area contributed by atoms with Crippen molar-refractivity contribution in [3.8, 4) is 0 Å². The van der Waals surface area contributed by atoms with Crippen LogP contribution in [-0.2, 0) is 4.79 Å². The number of carbonyl (C=O) groups is 2. The van der Waals surface area contributed by atoms with Gasteiger partial charge in [0.25, 0.3) is 5.91 Å². The van der Waals surface area contributed by atoms with Gasteiger partial charge in [-0.1, -0.05) is 47.5 Å². The highest BCUT2D eigenvalue weighted by atomic mass is 35.5. The van der Waals surface area contributed by atoms with Crippen LogP contribution >= 0.6 is 23.2 Å². The minimum absolute atomic E-state index is 0.0521. The number of rotatable bonds is 5. The summed E-state index contributed by atoms with van der Waals surface area (Å²) in [5.74, 6) is 0.922. The Hall–Kier alpha value is -3.13. The van der Waals surface area contributed by atoms with Gasteiger partial charge >= 0.3 is 0 Å². The van der Waals surface area contributed by atoms with Crippen molar-refractivity contribution in [2.45, 2.75) is 38.1 Å². The molecular formula is C32H41Cl2FN4O2. The van der Waals surface area contributed by atoms with E-state index < -0.39 is 0 Å². The van der Waals surface area contributed by atoms with Crippen LogP contribution < -0.4 is 16.0 Å². The SMILES string of the molecule is C=O.CC1C(c2cccc(Cl)c2F)CCN1CC1CC1.CNC(=O)c1cccc(N(C)C)c1.Nc1cccc(Cl)c1. The summed E-state index contributed by atoms with van der Waals surface area (Å²) in [7, 11) is 5.52. The molecule has 5 rings (SSSR count). The van der Waals surface area contributed by atoms with Gasteiger partial charge < -0.3 is 20.7 Å². The lowest BCUT2D eigenvalue weighted by atomic mass is 9.92. The zero-order valence-electron chi connectivity index (χ0n) is 24.2. The number of likely N-dealkylation sites (tertiary alicyclic amines) is 1. The fourth-order valence-corrected chi connectivity index (χ4v) is 5.07. The van der Waals surface area contributed by atoms with Crippen molar-refractivity contribution < 1.29 is 14.0 Å². The Morgan fingerprint density at radius 2 is 1.71 bits per heavy atom. The van der Waals surface area contributed by atoms with Crippen LogP contribution in [0.25, 0.3) is 0 Å². The molecule has 0 bridgehead atoms. The molecule has 1 amide bonds. The van der Waals surface area contributed by atoms with Crippen molar-refractivity contribution >= 4 is 47.3 Å². The molecule has 6 nitrogen and oxygen atoms in total. The van der Waals surface area contributed by atoms with Gasteiger partial charge in [-0.15, -0.1) is 0 Å². The summed E-state index contributed by atoms with van der Waals surface area (Å²) in [5.41, 5.74) is 8.60. The van der Waals surface area contributed by atoms with Crippen molar-refractivity contribution in [3.63, 3.8) is 0 Å². The summed E-state index contributed by atoms with van der Waals surface area (Å²) >= 11 is 11.4. The Kier molecular flexibility index (Phi) is 14.1. The highest BCUT2D eigenvalue weighted by Gasteiger charge is 2.36. The van der Waals surface area contributed by atoms with Crippen LogP contribution in [0.5, 0.6) is 0 Å². The molecule has 2 atom stereocenters. The number of carbonyl (C=O) groups excluding carboxylic acids is 2. The monoisotopic (exact) mass is 602 g/mol. The second-order valence-corrected chi connectivity index (χ2v) is 11.1. The predicted molar refractivity (Wildman–Crippen MR) is 170 cm³/mol. The maximum absolute atomic E-state index is 14.1. The number of halogens is 3. The minimum atomic E-state index is -0.218. The van der Waals surface area contributed by atoms with Crippen LogP contribution in [-0.4, -0.2) is 57.9 Å². The van der Waals surface area contributed by atoms with Gasteiger partial charge in [0.1, 0.15) is 12.6 Å². The molecule has 1 aliphatic carbocycles. The zero-order valence-corrected chi connectivity index (χ0v) is 25.8. The minimum Gasteiger partial charge on any atom is -0.399 e. The summed E-state index contributed by atoms with van der Waals surface area (Å²) in [6.45, 7) is 6.51. The summed E-state index contributed by atoms with van der Waals surface area (Å²) in [6, 6.07) is 20.4. The molecular weight excluding hydrogens is 562 g/mol. The van der Waals surface area contributed by atoms with E-state index in [4.69, 9.17) is 33.7 Å². The molecule has 3 aromatic rings. The summed E-state index contributed by atoms with van der Waals surface area (Å²) in [6.07, 6.45) is 3.80. The number of nitrogens with zero attached hydrogens (tertiary/aromatic N) is 2.